The van der Waals surface area contributed by atoms with E-state index in [1.54, 1.807) is 61.7 Å². The molecule has 2 N–H and O–H groups in total. The average molecular weight is 705 g/mol. The summed E-state index contributed by atoms with van der Waals surface area (Å²) in [5.41, 5.74) is 3.97. The van der Waals surface area contributed by atoms with Gasteiger partial charge in [-0.1, -0.05) is 12.1 Å². The van der Waals surface area contributed by atoms with Gasteiger partial charge in [-0.25, -0.2) is 0 Å². The zero-order valence-electron chi connectivity index (χ0n) is 30.6. The van der Waals surface area contributed by atoms with Crippen LogP contribution in [0.1, 0.15) is 43.0 Å². The van der Waals surface area contributed by atoms with E-state index in [9.17, 15) is 14.4 Å². The fraction of sp³-hybridized carbons (Fsp3) is 0.447. The standard InChI is InChI=1S/C38H48N4O9/c1-22(38(45)42-17-15-41(16-18-42)21-25-10-14-31(46-3)35(49-6)34(25)48-5)39-29-13-11-26-27(20-30(29)44)28(40-23(2)43)12-9-24-19-32(47-4)36(50-7)37(51-8)33(24)26/h10-11,13-14,19-20,22,28H,9,12,15-18,21H2,1-8H3,(H,39,44)(H,40,43)/t22-,28-/m0/s1. The fourth-order valence-corrected chi connectivity index (χ4v) is 7.05. The number of carbonyl (C=O) groups is 2. The molecular weight excluding hydrogens is 656 g/mol. The zero-order chi connectivity index (χ0) is 36.8. The Morgan fingerprint density at radius 1 is 0.804 bits per heavy atom. The van der Waals surface area contributed by atoms with E-state index in [0.29, 0.717) is 91.2 Å². The van der Waals surface area contributed by atoms with Crippen LogP contribution in [0.25, 0.3) is 11.1 Å². The fourth-order valence-electron chi connectivity index (χ4n) is 7.05. The van der Waals surface area contributed by atoms with Gasteiger partial charge in [0.2, 0.25) is 28.7 Å². The lowest BCUT2D eigenvalue weighted by Crippen LogP contribution is -2.52. The number of ether oxygens (including phenoxy) is 6. The Kier molecular flexibility index (Phi) is 11.8. The number of aryl methyl sites for hydroxylation is 1. The third-order valence-corrected chi connectivity index (χ3v) is 9.52. The molecule has 1 aliphatic carbocycles. The van der Waals surface area contributed by atoms with Crippen LogP contribution < -0.4 is 44.5 Å². The summed E-state index contributed by atoms with van der Waals surface area (Å²) in [5, 5.41) is 6.20. The first-order valence-electron chi connectivity index (χ1n) is 16.9. The maximum absolute atomic E-state index is 13.8. The number of nitrogens with one attached hydrogen (secondary N) is 2. The van der Waals surface area contributed by atoms with Crippen LogP contribution >= 0.6 is 0 Å². The summed E-state index contributed by atoms with van der Waals surface area (Å²) in [7, 11) is 9.44. The molecular formula is C38H48N4O9. The van der Waals surface area contributed by atoms with E-state index in [1.165, 1.54) is 6.92 Å². The predicted molar refractivity (Wildman–Crippen MR) is 194 cm³/mol. The van der Waals surface area contributed by atoms with Gasteiger partial charge in [0.1, 0.15) is 6.04 Å². The van der Waals surface area contributed by atoms with Crippen LogP contribution in [-0.2, 0) is 22.6 Å². The van der Waals surface area contributed by atoms with Gasteiger partial charge in [-0.15, -0.1) is 0 Å². The van der Waals surface area contributed by atoms with Gasteiger partial charge in [0.05, 0.1) is 54.4 Å². The van der Waals surface area contributed by atoms with Crippen LogP contribution in [0, 0.1) is 0 Å². The number of benzene rings is 2. The Labute approximate surface area is 298 Å². The number of amides is 2. The molecule has 3 aromatic carbocycles. The second kappa shape index (κ2) is 16.2. The summed E-state index contributed by atoms with van der Waals surface area (Å²) in [6.07, 6.45) is 1.14. The molecule has 2 atom stereocenters. The molecule has 0 unspecified atom stereocenters. The molecule has 1 saturated heterocycles. The van der Waals surface area contributed by atoms with Gasteiger partial charge in [-0.2, -0.15) is 0 Å². The quantitative estimate of drug-likeness (QED) is 0.283. The summed E-state index contributed by atoms with van der Waals surface area (Å²) >= 11 is 0. The molecule has 0 aromatic heterocycles. The minimum Gasteiger partial charge on any atom is -0.493 e. The van der Waals surface area contributed by atoms with Gasteiger partial charge < -0.3 is 44.0 Å². The Morgan fingerprint density at radius 2 is 1.45 bits per heavy atom. The normalized spacial score (nSPS) is 16.1. The van der Waals surface area contributed by atoms with E-state index in [0.717, 1.165) is 16.7 Å². The Bertz CT molecular complexity index is 1820. The summed E-state index contributed by atoms with van der Waals surface area (Å²) in [6.45, 7) is 6.22. The number of fused-ring (bicyclic) bond motifs is 3. The largest absolute Gasteiger partial charge is 0.493 e. The van der Waals surface area contributed by atoms with Crippen molar-refractivity contribution in [2.75, 3.05) is 74.2 Å². The highest BCUT2D eigenvalue weighted by molar-refractivity contribution is 5.86. The highest BCUT2D eigenvalue weighted by Gasteiger charge is 2.31. The lowest BCUT2D eigenvalue weighted by atomic mass is 9.95. The molecule has 2 amide bonds. The lowest BCUT2D eigenvalue weighted by Gasteiger charge is -2.36. The van der Waals surface area contributed by atoms with Crippen molar-refractivity contribution in [3.8, 4) is 45.6 Å². The first-order valence-corrected chi connectivity index (χ1v) is 16.9. The molecule has 13 nitrogen and oxygen atoms in total. The van der Waals surface area contributed by atoms with E-state index >= 15 is 0 Å². The van der Waals surface area contributed by atoms with Crippen LogP contribution in [0.4, 0.5) is 5.69 Å². The molecule has 1 aliphatic heterocycles. The Hall–Kier alpha value is -5.17. The maximum atomic E-state index is 13.8. The van der Waals surface area contributed by atoms with Gasteiger partial charge in [0, 0.05) is 50.8 Å². The topological polar surface area (TPSA) is 137 Å². The minimum absolute atomic E-state index is 0.106. The van der Waals surface area contributed by atoms with Crippen molar-refractivity contribution in [3.05, 3.63) is 63.3 Å². The second-order valence-corrected chi connectivity index (χ2v) is 12.6. The van der Waals surface area contributed by atoms with Crippen molar-refractivity contribution in [2.45, 2.75) is 45.3 Å². The lowest BCUT2D eigenvalue weighted by molar-refractivity contribution is -0.133. The van der Waals surface area contributed by atoms with Gasteiger partial charge in [-0.05, 0) is 60.7 Å². The number of carbonyl (C=O) groups excluding carboxylic acids is 2. The molecule has 1 fully saturated rings. The van der Waals surface area contributed by atoms with Crippen LogP contribution in [0.3, 0.4) is 0 Å². The Morgan fingerprint density at radius 3 is 2.06 bits per heavy atom. The third kappa shape index (κ3) is 7.63. The number of hydrogen-bond acceptors (Lipinski definition) is 11. The number of piperazine rings is 1. The molecule has 2 aliphatic rings. The Balaban J connectivity index is 1.37. The van der Waals surface area contributed by atoms with E-state index in [4.69, 9.17) is 28.4 Å². The van der Waals surface area contributed by atoms with E-state index in [-0.39, 0.29) is 22.9 Å². The van der Waals surface area contributed by atoms with E-state index in [1.807, 2.05) is 29.2 Å². The zero-order valence-corrected chi connectivity index (χ0v) is 30.6. The summed E-state index contributed by atoms with van der Waals surface area (Å²) in [6, 6.07) is 9.69. The first kappa shape index (κ1) is 37.1. The van der Waals surface area contributed by atoms with E-state index < -0.39 is 12.1 Å². The number of nitrogens with zero attached hydrogens (tertiary/aromatic N) is 2. The number of methoxy groups -OCH3 is 6. The third-order valence-electron chi connectivity index (χ3n) is 9.52. The van der Waals surface area contributed by atoms with Crippen LogP contribution in [-0.4, -0.2) is 96.5 Å². The van der Waals surface area contributed by atoms with Crippen molar-refractivity contribution < 1.29 is 38.0 Å². The number of rotatable bonds is 12. The van der Waals surface area contributed by atoms with Crippen molar-refractivity contribution in [3.63, 3.8) is 0 Å². The molecule has 3 aromatic rings. The molecule has 0 bridgehead atoms. The monoisotopic (exact) mass is 704 g/mol. The summed E-state index contributed by atoms with van der Waals surface area (Å²) < 4.78 is 33.8. The SMILES string of the molecule is COc1ccc(CN2CCN(C(=O)[C@H](C)Nc3ccc4c(cc3=O)[C@@H](NC(C)=O)CCc3cc(OC)c(OC)c(OC)c3-4)CC2)c(OC)c1OC. The highest BCUT2D eigenvalue weighted by Crippen LogP contribution is 2.50. The number of hydrogen-bond donors (Lipinski definition) is 2. The smallest absolute Gasteiger partial charge is 0.244 e. The molecule has 13 heteroatoms. The van der Waals surface area contributed by atoms with E-state index in [2.05, 4.69) is 15.5 Å². The van der Waals surface area contributed by atoms with Gasteiger partial charge in [0.25, 0.3) is 0 Å². The summed E-state index contributed by atoms with van der Waals surface area (Å²) in [4.78, 5) is 43.8. The average Bonchev–Trinajstić information content (AvgIpc) is 3.38. The van der Waals surface area contributed by atoms with Gasteiger partial charge in [0.15, 0.2) is 23.0 Å². The highest BCUT2D eigenvalue weighted by atomic mass is 16.5. The first-order chi connectivity index (χ1) is 24.6. The molecule has 1 heterocycles. The van der Waals surface area contributed by atoms with Crippen LogP contribution in [0.15, 0.2) is 41.2 Å². The van der Waals surface area contributed by atoms with Crippen molar-refractivity contribution >= 4 is 17.5 Å². The molecule has 0 saturated carbocycles. The van der Waals surface area contributed by atoms with Crippen molar-refractivity contribution in [1.82, 2.24) is 15.1 Å². The summed E-state index contributed by atoms with van der Waals surface area (Å²) in [5.74, 6) is 2.87. The van der Waals surface area contributed by atoms with Gasteiger partial charge in [-0.3, -0.25) is 19.3 Å². The molecule has 5 rings (SSSR count). The molecule has 0 spiro atoms. The molecule has 51 heavy (non-hydrogen) atoms. The number of anilines is 1. The van der Waals surface area contributed by atoms with Crippen molar-refractivity contribution in [2.24, 2.45) is 0 Å². The van der Waals surface area contributed by atoms with Gasteiger partial charge >= 0.3 is 0 Å². The van der Waals surface area contributed by atoms with Crippen LogP contribution in [0.5, 0.6) is 34.5 Å². The predicted octanol–water partition coefficient (Wildman–Crippen LogP) is 4.03. The second-order valence-electron chi connectivity index (χ2n) is 12.6. The van der Waals surface area contributed by atoms with Crippen LogP contribution in [0.2, 0.25) is 0 Å². The molecule has 0 radical (unpaired) electrons. The minimum atomic E-state index is -0.672. The van der Waals surface area contributed by atoms with Crippen molar-refractivity contribution in [1.29, 1.82) is 0 Å². The maximum Gasteiger partial charge on any atom is 0.244 e. The molecule has 274 valence electrons.